The summed E-state index contributed by atoms with van der Waals surface area (Å²) >= 11 is 0. The molecule has 152 valence electrons. The summed E-state index contributed by atoms with van der Waals surface area (Å²) in [5.74, 6) is -2.81. The molecule has 10 heteroatoms. The van der Waals surface area contributed by atoms with Gasteiger partial charge in [-0.2, -0.15) is 0 Å². The zero-order valence-electron chi connectivity index (χ0n) is 16.7. The van der Waals surface area contributed by atoms with Crippen molar-refractivity contribution in [2.75, 3.05) is 13.2 Å². The fourth-order valence-corrected chi connectivity index (χ4v) is 3.32. The SMILES string of the molecule is CC1(c2ccc3ccccc3c2)NC(=O)N(CC(=O)N[C@H](CO)CC(=O)[O-])C1=O.[K+]. The average molecular weight is 437 g/mol. The number of rotatable bonds is 7. The maximum absolute atomic E-state index is 13.0. The molecule has 0 spiro atoms. The van der Waals surface area contributed by atoms with Gasteiger partial charge in [0.05, 0.1) is 12.6 Å². The molecule has 1 fully saturated rings. The molecule has 0 bridgehead atoms. The van der Waals surface area contributed by atoms with Crippen molar-refractivity contribution in [1.82, 2.24) is 15.5 Å². The summed E-state index contributed by atoms with van der Waals surface area (Å²) < 4.78 is 0. The van der Waals surface area contributed by atoms with Crippen LogP contribution in [0.15, 0.2) is 42.5 Å². The number of amides is 4. The molecule has 1 heterocycles. The van der Waals surface area contributed by atoms with Crippen molar-refractivity contribution in [3.8, 4) is 0 Å². The minimum atomic E-state index is -1.44. The second-order valence-electron chi connectivity index (χ2n) is 7.03. The van der Waals surface area contributed by atoms with Crippen LogP contribution >= 0.6 is 0 Å². The number of nitrogens with one attached hydrogen (secondary N) is 2. The Balaban J connectivity index is 0.00000320. The summed E-state index contributed by atoms with van der Waals surface area (Å²) in [6.07, 6.45) is -0.586. The molecule has 1 unspecified atom stereocenters. The number of carbonyl (C=O) groups excluding carboxylic acids is 4. The zero-order valence-corrected chi connectivity index (χ0v) is 19.8. The van der Waals surface area contributed by atoms with E-state index in [2.05, 4.69) is 10.6 Å². The van der Waals surface area contributed by atoms with E-state index in [4.69, 9.17) is 5.11 Å². The van der Waals surface area contributed by atoms with Crippen LogP contribution in [0.25, 0.3) is 10.8 Å². The van der Waals surface area contributed by atoms with Crippen LogP contribution < -0.4 is 67.1 Å². The smallest absolute Gasteiger partial charge is 0.550 e. The number of urea groups is 1. The maximum atomic E-state index is 13.0. The molecule has 1 saturated heterocycles. The van der Waals surface area contributed by atoms with Gasteiger partial charge in [-0.25, -0.2) is 4.79 Å². The monoisotopic (exact) mass is 437 g/mol. The number of fused-ring (bicyclic) bond motifs is 1. The molecule has 0 aromatic heterocycles. The number of hydrogen-bond acceptors (Lipinski definition) is 6. The van der Waals surface area contributed by atoms with Crippen LogP contribution in [-0.2, 0) is 19.9 Å². The number of nitrogens with zero attached hydrogens (tertiary/aromatic N) is 1. The largest absolute Gasteiger partial charge is 1.00 e. The summed E-state index contributed by atoms with van der Waals surface area (Å²) in [7, 11) is 0. The summed E-state index contributed by atoms with van der Waals surface area (Å²) in [5.41, 5.74) is -0.773. The van der Waals surface area contributed by atoms with Gasteiger partial charge in [0.2, 0.25) is 5.91 Å². The number of benzene rings is 2. The number of hydrogen-bond donors (Lipinski definition) is 3. The Morgan fingerprint density at radius 3 is 2.50 bits per heavy atom. The van der Waals surface area contributed by atoms with Gasteiger partial charge in [-0.05, 0) is 29.3 Å². The molecule has 2 aromatic rings. The Hall–Kier alpha value is -1.82. The number of aliphatic hydroxyl groups excluding tert-OH is 1. The van der Waals surface area contributed by atoms with E-state index in [1.807, 2.05) is 30.3 Å². The fraction of sp³-hybridized carbons (Fsp3) is 0.300. The molecule has 0 aliphatic carbocycles. The van der Waals surface area contributed by atoms with Gasteiger partial charge in [0.1, 0.15) is 12.1 Å². The third kappa shape index (κ3) is 5.08. The molecule has 30 heavy (non-hydrogen) atoms. The van der Waals surface area contributed by atoms with Crippen LogP contribution in [0.3, 0.4) is 0 Å². The van der Waals surface area contributed by atoms with E-state index in [0.29, 0.717) is 5.56 Å². The van der Waals surface area contributed by atoms with Crippen LogP contribution in [0.2, 0.25) is 0 Å². The maximum Gasteiger partial charge on any atom is 1.00 e. The summed E-state index contributed by atoms with van der Waals surface area (Å²) in [4.78, 5) is 48.9. The molecular weight excluding hydrogens is 417 g/mol. The van der Waals surface area contributed by atoms with Gasteiger partial charge in [-0.1, -0.05) is 36.4 Å². The summed E-state index contributed by atoms with van der Waals surface area (Å²) in [6, 6.07) is 11.2. The molecule has 2 atom stereocenters. The topological polar surface area (TPSA) is 139 Å². The molecule has 0 saturated carbocycles. The molecule has 2 aromatic carbocycles. The molecule has 9 nitrogen and oxygen atoms in total. The van der Waals surface area contributed by atoms with Crippen LogP contribution in [-0.4, -0.2) is 53.0 Å². The number of carboxylic acids is 1. The van der Waals surface area contributed by atoms with Gasteiger partial charge in [-0.3, -0.25) is 14.5 Å². The Labute approximate surface area is 215 Å². The number of aliphatic hydroxyl groups is 1. The molecule has 3 rings (SSSR count). The average Bonchev–Trinajstić information content (AvgIpc) is 2.90. The van der Waals surface area contributed by atoms with E-state index in [-0.39, 0.29) is 51.4 Å². The number of carbonyl (C=O) groups is 4. The predicted octanol–water partition coefficient (Wildman–Crippen LogP) is -3.77. The minimum absolute atomic E-state index is 0. The van der Waals surface area contributed by atoms with E-state index >= 15 is 0 Å². The molecule has 3 N–H and O–H groups in total. The molecule has 4 amide bonds. The van der Waals surface area contributed by atoms with Crippen molar-refractivity contribution >= 4 is 34.6 Å². The summed E-state index contributed by atoms with van der Waals surface area (Å²) in [5, 5.41) is 26.5. The van der Waals surface area contributed by atoms with Crippen molar-refractivity contribution in [3.05, 3.63) is 48.0 Å². The van der Waals surface area contributed by atoms with Crippen molar-refractivity contribution < 1.29 is 80.8 Å². The van der Waals surface area contributed by atoms with E-state index in [9.17, 15) is 24.3 Å². The van der Waals surface area contributed by atoms with Gasteiger partial charge >= 0.3 is 57.4 Å². The zero-order chi connectivity index (χ0) is 21.2. The van der Waals surface area contributed by atoms with Crippen LogP contribution in [0.4, 0.5) is 4.79 Å². The first-order valence-corrected chi connectivity index (χ1v) is 8.98. The predicted molar refractivity (Wildman–Crippen MR) is 100 cm³/mol. The van der Waals surface area contributed by atoms with E-state index in [1.165, 1.54) is 0 Å². The normalized spacial score (nSPS) is 19.2. The van der Waals surface area contributed by atoms with Gasteiger partial charge in [0.15, 0.2) is 0 Å². The third-order valence-corrected chi connectivity index (χ3v) is 4.90. The van der Waals surface area contributed by atoms with Crippen LogP contribution in [0.5, 0.6) is 0 Å². The molecule has 1 aliphatic rings. The third-order valence-electron chi connectivity index (χ3n) is 4.90. The molecular formula is C20H20KN3O6. The van der Waals surface area contributed by atoms with Gasteiger partial charge in [-0.15, -0.1) is 0 Å². The van der Waals surface area contributed by atoms with Gasteiger partial charge < -0.3 is 25.6 Å². The molecule has 0 radical (unpaired) electrons. The molecule has 1 aliphatic heterocycles. The van der Waals surface area contributed by atoms with E-state index in [1.54, 1.807) is 19.1 Å². The Kier molecular flexibility index (Phi) is 8.14. The van der Waals surface area contributed by atoms with Crippen molar-refractivity contribution in [2.24, 2.45) is 0 Å². The first-order chi connectivity index (χ1) is 13.7. The second-order valence-corrected chi connectivity index (χ2v) is 7.03. The second kappa shape index (κ2) is 9.99. The summed E-state index contributed by atoms with van der Waals surface area (Å²) in [6.45, 7) is 0.341. The van der Waals surface area contributed by atoms with Crippen molar-refractivity contribution in [2.45, 2.75) is 24.9 Å². The quantitative estimate of drug-likeness (QED) is 0.300. The van der Waals surface area contributed by atoms with Crippen LogP contribution in [0.1, 0.15) is 18.9 Å². The Morgan fingerprint density at radius 2 is 1.87 bits per heavy atom. The number of imide groups is 1. The standard InChI is InChI=1S/C20H21N3O6.K/c1-20(14-7-6-12-4-2-3-5-13(12)8-14)18(28)23(19(29)22-20)10-16(25)21-15(11-24)9-17(26)27;/h2-8,15,24H,9-11H2,1H3,(H,21,25)(H,22,29)(H,26,27);/q;+1/p-1/t15-,20?;/m0./s1. The van der Waals surface area contributed by atoms with Gasteiger partial charge in [0.25, 0.3) is 5.91 Å². The van der Waals surface area contributed by atoms with E-state index in [0.717, 1.165) is 15.7 Å². The van der Waals surface area contributed by atoms with E-state index < -0.39 is 55.0 Å². The van der Waals surface area contributed by atoms with Crippen molar-refractivity contribution in [1.29, 1.82) is 0 Å². The van der Waals surface area contributed by atoms with Crippen LogP contribution in [0, 0.1) is 0 Å². The Bertz CT molecular complexity index is 997. The first-order valence-electron chi connectivity index (χ1n) is 8.98. The first kappa shape index (κ1) is 24.4. The number of aliphatic carboxylic acids is 1. The van der Waals surface area contributed by atoms with Gasteiger partial charge in [0, 0.05) is 12.4 Å². The fourth-order valence-electron chi connectivity index (χ4n) is 3.32. The number of carboxylic acid groups (broad SMARTS) is 1. The van der Waals surface area contributed by atoms with Crippen molar-refractivity contribution in [3.63, 3.8) is 0 Å². The Morgan fingerprint density at radius 1 is 1.20 bits per heavy atom. The minimum Gasteiger partial charge on any atom is -0.550 e.